The molecule has 2 heterocycles. The van der Waals surface area contributed by atoms with Crippen molar-refractivity contribution in [2.45, 2.75) is 39.9 Å². The van der Waals surface area contributed by atoms with Crippen molar-refractivity contribution in [2.75, 3.05) is 0 Å². The highest BCUT2D eigenvalue weighted by Crippen LogP contribution is 2.21. The zero-order chi connectivity index (χ0) is 15.5. The summed E-state index contributed by atoms with van der Waals surface area (Å²) in [5, 5.41) is 12.6. The molecule has 0 aromatic carbocycles. The molecule has 1 N–H and O–H groups in total. The lowest BCUT2D eigenvalue weighted by atomic mass is 9.86. The van der Waals surface area contributed by atoms with Crippen LogP contribution in [-0.4, -0.2) is 20.2 Å². The zero-order valence-corrected chi connectivity index (χ0v) is 13.2. The summed E-state index contributed by atoms with van der Waals surface area (Å²) in [4.78, 5) is 4.10. The maximum absolute atomic E-state index is 9.01. The topological polar surface area (TPSA) is 58.6 Å². The highest BCUT2D eigenvalue weighted by molar-refractivity contribution is 5.28. The van der Waals surface area contributed by atoms with Crippen LogP contribution in [0.1, 0.15) is 32.0 Å². The van der Waals surface area contributed by atoms with Crippen molar-refractivity contribution in [3.05, 3.63) is 42.2 Å². The zero-order valence-electron chi connectivity index (χ0n) is 13.2. The van der Waals surface area contributed by atoms with Crippen LogP contribution in [0, 0.1) is 16.7 Å². The Kier molecular flexibility index (Phi) is 4.49. The van der Waals surface area contributed by atoms with Gasteiger partial charge < -0.3 is 14.5 Å². The van der Waals surface area contributed by atoms with Crippen molar-refractivity contribution in [3.8, 4) is 6.07 Å². The largest absolute Gasteiger partial charge is 0.342 e. The summed E-state index contributed by atoms with van der Waals surface area (Å²) in [5.41, 5.74) is 1.96. The molecule has 112 valence electrons. The highest BCUT2D eigenvalue weighted by Gasteiger charge is 2.24. The van der Waals surface area contributed by atoms with Gasteiger partial charge in [-0.2, -0.15) is 5.26 Å². The van der Waals surface area contributed by atoms with Crippen LogP contribution in [0.5, 0.6) is 0 Å². The fourth-order valence-electron chi connectivity index (χ4n) is 2.33. The molecule has 2 rings (SSSR count). The number of rotatable bonds is 5. The lowest BCUT2D eigenvalue weighted by molar-refractivity contribution is 0.240. The minimum absolute atomic E-state index is 0.136. The van der Waals surface area contributed by atoms with E-state index in [-0.39, 0.29) is 5.41 Å². The van der Waals surface area contributed by atoms with Crippen molar-refractivity contribution in [1.29, 1.82) is 5.26 Å². The van der Waals surface area contributed by atoms with E-state index in [0.717, 1.165) is 18.7 Å². The lowest BCUT2D eigenvalue weighted by Crippen LogP contribution is -2.42. The first-order valence-electron chi connectivity index (χ1n) is 7.14. The van der Waals surface area contributed by atoms with Crippen molar-refractivity contribution >= 4 is 0 Å². The van der Waals surface area contributed by atoms with Crippen LogP contribution in [0.15, 0.2) is 31.0 Å². The molecule has 1 atom stereocenters. The van der Waals surface area contributed by atoms with Gasteiger partial charge in [-0.25, -0.2) is 4.98 Å². The first-order valence-corrected chi connectivity index (χ1v) is 7.14. The van der Waals surface area contributed by atoms with Crippen molar-refractivity contribution in [3.63, 3.8) is 0 Å². The smallest absolute Gasteiger partial charge is 0.120 e. The summed E-state index contributed by atoms with van der Waals surface area (Å²) in [5.74, 6) is 0. The third-order valence-corrected chi connectivity index (χ3v) is 3.73. The Hall–Kier alpha value is -2.06. The number of nitrogens with one attached hydrogen (secondary N) is 1. The number of imidazole rings is 1. The van der Waals surface area contributed by atoms with Crippen LogP contribution >= 0.6 is 0 Å². The molecule has 0 radical (unpaired) electrons. The summed E-state index contributed by atoms with van der Waals surface area (Å²) in [6.07, 6.45) is 7.63. The molecule has 21 heavy (non-hydrogen) atoms. The molecular weight excluding hydrogens is 262 g/mol. The van der Waals surface area contributed by atoms with E-state index in [1.165, 1.54) is 0 Å². The van der Waals surface area contributed by atoms with Gasteiger partial charge in [-0.15, -0.1) is 0 Å². The second-order valence-electron chi connectivity index (χ2n) is 6.52. The first-order chi connectivity index (χ1) is 9.90. The molecule has 0 fully saturated rings. The molecule has 0 amide bonds. The van der Waals surface area contributed by atoms with Gasteiger partial charge in [0.1, 0.15) is 11.8 Å². The SMILES string of the molecule is Cn1cc(CNC(Cn2ccnc2)C(C)(C)C)cc1C#N. The minimum Gasteiger partial charge on any atom is -0.342 e. The molecule has 0 saturated heterocycles. The number of aromatic nitrogens is 3. The first kappa shape index (κ1) is 15.3. The Morgan fingerprint density at radius 1 is 1.43 bits per heavy atom. The Balaban J connectivity index is 2.03. The van der Waals surface area contributed by atoms with Crippen LogP contribution in [0.3, 0.4) is 0 Å². The van der Waals surface area contributed by atoms with Gasteiger partial charge in [0, 0.05) is 44.8 Å². The number of hydrogen-bond acceptors (Lipinski definition) is 3. The van der Waals surface area contributed by atoms with Crippen molar-refractivity contribution in [2.24, 2.45) is 12.5 Å². The van der Waals surface area contributed by atoms with E-state index >= 15 is 0 Å². The quantitative estimate of drug-likeness (QED) is 0.917. The predicted molar refractivity (Wildman–Crippen MR) is 82.4 cm³/mol. The van der Waals surface area contributed by atoms with E-state index < -0.39 is 0 Å². The molecule has 1 unspecified atom stereocenters. The van der Waals surface area contributed by atoms with E-state index in [9.17, 15) is 0 Å². The lowest BCUT2D eigenvalue weighted by Gasteiger charge is -2.32. The summed E-state index contributed by atoms with van der Waals surface area (Å²) >= 11 is 0. The van der Waals surface area contributed by atoms with Gasteiger partial charge in [0.25, 0.3) is 0 Å². The van der Waals surface area contributed by atoms with E-state index in [2.05, 4.69) is 41.7 Å². The van der Waals surface area contributed by atoms with Gasteiger partial charge in [0.15, 0.2) is 0 Å². The minimum atomic E-state index is 0.136. The fraction of sp³-hybridized carbons (Fsp3) is 0.500. The molecule has 2 aromatic rings. The molecule has 5 heteroatoms. The van der Waals surface area contributed by atoms with Crippen LogP contribution in [-0.2, 0) is 20.1 Å². The Morgan fingerprint density at radius 2 is 2.19 bits per heavy atom. The van der Waals surface area contributed by atoms with Crippen LogP contribution < -0.4 is 5.32 Å². The second kappa shape index (κ2) is 6.15. The van der Waals surface area contributed by atoms with Gasteiger partial charge >= 0.3 is 0 Å². The molecule has 2 aromatic heterocycles. The highest BCUT2D eigenvalue weighted by atomic mass is 15.1. The van der Waals surface area contributed by atoms with Gasteiger partial charge in [-0.3, -0.25) is 0 Å². The molecule has 0 spiro atoms. The van der Waals surface area contributed by atoms with Crippen LogP contribution in [0.2, 0.25) is 0 Å². The number of aryl methyl sites for hydroxylation is 1. The number of nitrogens with zero attached hydrogens (tertiary/aromatic N) is 4. The fourth-order valence-corrected chi connectivity index (χ4v) is 2.33. The molecule has 0 aliphatic heterocycles. The summed E-state index contributed by atoms with van der Waals surface area (Å²) in [6, 6.07) is 4.44. The standard InChI is InChI=1S/C16H23N5/c1-16(2,3)15(11-21-6-5-18-12-21)19-9-13-7-14(8-17)20(4)10-13/h5-7,10,12,15,19H,9,11H2,1-4H3. The van der Waals surface area contributed by atoms with Crippen molar-refractivity contribution < 1.29 is 0 Å². The summed E-state index contributed by atoms with van der Waals surface area (Å²) in [6.45, 7) is 8.32. The molecule has 5 nitrogen and oxygen atoms in total. The van der Waals surface area contributed by atoms with E-state index in [1.807, 2.05) is 36.4 Å². The third-order valence-electron chi connectivity index (χ3n) is 3.73. The Morgan fingerprint density at radius 3 is 2.71 bits per heavy atom. The second-order valence-corrected chi connectivity index (χ2v) is 6.52. The summed E-state index contributed by atoms with van der Waals surface area (Å²) < 4.78 is 3.95. The average molecular weight is 285 g/mol. The monoisotopic (exact) mass is 285 g/mol. The number of nitriles is 1. The molecule has 0 aliphatic rings. The van der Waals surface area contributed by atoms with Crippen molar-refractivity contribution in [1.82, 2.24) is 19.4 Å². The van der Waals surface area contributed by atoms with E-state index in [4.69, 9.17) is 5.26 Å². The Labute approximate surface area is 126 Å². The number of hydrogen-bond donors (Lipinski definition) is 1. The van der Waals surface area contributed by atoms with Crippen LogP contribution in [0.4, 0.5) is 0 Å². The molecular formula is C16H23N5. The predicted octanol–water partition coefficient (Wildman–Crippen LogP) is 2.30. The average Bonchev–Trinajstić information content (AvgIpc) is 3.02. The summed E-state index contributed by atoms with van der Waals surface area (Å²) in [7, 11) is 1.90. The van der Waals surface area contributed by atoms with E-state index in [1.54, 1.807) is 6.20 Å². The molecule has 0 aliphatic carbocycles. The third kappa shape index (κ3) is 3.96. The van der Waals surface area contributed by atoms with Gasteiger partial charge in [0.2, 0.25) is 0 Å². The normalized spacial score (nSPS) is 13.1. The maximum atomic E-state index is 9.01. The maximum Gasteiger partial charge on any atom is 0.120 e. The molecule has 0 saturated carbocycles. The van der Waals surface area contributed by atoms with Gasteiger partial charge in [-0.1, -0.05) is 20.8 Å². The van der Waals surface area contributed by atoms with Gasteiger partial charge in [0.05, 0.1) is 6.33 Å². The molecule has 0 bridgehead atoms. The Bertz CT molecular complexity index is 610. The van der Waals surface area contributed by atoms with Gasteiger partial charge in [-0.05, 0) is 17.0 Å². The van der Waals surface area contributed by atoms with Crippen LogP contribution in [0.25, 0.3) is 0 Å². The van der Waals surface area contributed by atoms with E-state index in [0.29, 0.717) is 11.7 Å².